The van der Waals surface area contributed by atoms with Crippen LogP contribution in [0.15, 0.2) is 0 Å². The molecule has 0 bridgehead atoms. The summed E-state index contributed by atoms with van der Waals surface area (Å²) in [6.07, 6.45) is 4.23. The largest absolute Gasteiger partial charge is 0.450 e. The van der Waals surface area contributed by atoms with Crippen molar-refractivity contribution >= 4 is 17.8 Å². The van der Waals surface area contributed by atoms with Gasteiger partial charge >= 0.3 is 6.09 Å². The van der Waals surface area contributed by atoms with Crippen molar-refractivity contribution in [3.8, 4) is 6.07 Å². The molecule has 1 aromatic rings. The molecule has 0 spiro atoms. The van der Waals surface area contributed by atoms with Gasteiger partial charge in [0.1, 0.15) is 11.9 Å². The highest BCUT2D eigenvalue weighted by molar-refractivity contribution is 5.93. The van der Waals surface area contributed by atoms with Gasteiger partial charge < -0.3 is 19.5 Å². The molecule has 1 saturated carbocycles. The molecule has 2 heterocycles. The molecule has 1 saturated heterocycles. The first kappa shape index (κ1) is 21.2. The first-order chi connectivity index (χ1) is 14.0. The third-order valence-corrected chi connectivity index (χ3v) is 6.08. The quantitative estimate of drug-likeness (QED) is 0.819. The fraction of sp³-hybridized carbons (Fsp3) is 0.667. The van der Waals surface area contributed by atoms with Gasteiger partial charge in [0, 0.05) is 37.9 Å². The van der Waals surface area contributed by atoms with Gasteiger partial charge in [0.2, 0.25) is 5.91 Å². The van der Waals surface area contributed by atoms with Crippen LogP contribution in [0.5, 0.6) is 0 Å². The van der Waals surface area contributed by atoms with Gasteiger partial charge in [-0.25, -0.2) is 4.79 Å². The van der Waals surface area contributed by atoms with Gasteiger partial charge in [-0.2, -0.15) is 5.26 Å². The molecule has 0 radical (unpaired) electrons. The molecule has 3 rings (SSSR count). The number of nitrogens with zero attached hydrogens (tertiary/aromatic N) is 4. The van der Waals surface area contributed by atoms with E-state index in [4.69, 9.17) is 4.74 Å². The van der Waals surface area contributed by atoms with Crippen LogP contribution in [-0.2, 0) is 9.53 Å². The summed E-state index contributed by atoms with van der Waals surface area (Å²) in [6, 6.07) is 2.63. The first-order valence-corrected chi connectivity index (χ1v) is 10.5. The summed E-state index contributed by atoms with van der Waals surface area (Å²) in [7, 11) is 0. The average molecular weight is 402 g/mol. The van der Waals surface area contributed by atoms with Crippen LogP contribution < -0.4 is 5.32 Å². The number of carbonyl (C=O) groups is 2. The van der Waals surface area contributed by atoms with E-state index in [0.717, 1.165) is 24.1 Å². The molecule has 8 heteroatoms. The fourth-order valence-corrected chi connectivity index (χ4v) is 4.38. The van der Waals surface area contributed by atoms with Crippen LogP contribution in [0.1, 0.15) is 55.5 Å². The second-order valence-electron chi connectivity index (χ2n) is 7.86. The normalized spacial score (nSPS) is 17.9. The highest BCUT2D eigenvalue weighted by Crippen LogP contribution is 2.37. The molecule has 8 nitrogen and oxygen atoms in total. The third kappa shape index (κ3) is 4.56. The molecule has 1 N–H and O–H groups in total. The summed E-state index contributed by atoms with van der Waals surface area (Å²) in [5.41, 5.74) is 2.57. The summed E-state index contributed by atoms with van der Waals surface area (Å²) in [5, 5.41) is 12.7. The zero-order chi connectivity index (χ0) is 21.0. The van der Waals surface area contributed by atoms with E-state index in [9.17, 15) is 14.9 Å². The van der Waals surface area contributed by atoms with Gasteiger partial charge in [0.25, 0.3) is 0 Å². The Morgan fingerprint density at radius 3 is 2.41 bits per heavy atom. The first-order valence-electron chi connectivity index (χ1n) is 10.5. The second kappa shape index (κ2) is 9.31. The molecule has 0 aromatic carbocycles. The van der Waals surface area contributed by atoms with Crippen molar-refractivity contribution in [2.45, 2.75) is 52.5 Å². The summed E-state index contributed by atoms with van der Waals surface area (Å²) < 4.78 is 7.20. The van der Waals surface area contributed by atoms with Crippen LogP contribution in [-0.4, -0.2) is 65.7 Å². The number of anilines is 1. The third-order valence-electron chi connectivity index (χ3n) is 6.08. The van der Waals surface area contributed by atoms with Crippen molar-refractivity contribution < 1.29 is 14.3 Å². The molecule has 0 unspecified atom stereocenters. The van der Waals surface area contributed by atoms with E-state index >= 15 is 0 Å². The van der Waals surface area contributed by atoms with Gasteiger partial charge in [-0.3, -0.25) is 9.69 Å². The molecule has 158 valence electrons. The molecule has 2 aliphatic rings. The number of rotatable bonds is 5. The molecular weight excluding hydrogens is 370 g/mol. The van der Waals surface area contributed by atoms with Crippen LogP contribution in [0.2, 0.25) is 0 Å². The Bertz CT molecular complexity index is 796. The van der Waals surface area contributed by atoms with Crippen molar-refractivity contribution in [2.24, 2.45) is 0 Å². The minimum Gasteiger partial charge on any atom is -0.450 e. The molecule has 2 fully saturated rings. The number of nitrogens with one attached hydrogen (secondary N) is 1. The van der Waals surface area contributed by atoms with E-state index in [-0.39, 0.29) is 18.5 Å². The monoisotopic (exact) mass is 401 g/mol. The summed E-state index contributed by atoms with van der Waals surface area (Å²) >= 11 is 0. The van der Waals surface area contributed by atoms with Gasteiger partial charge in [-0.1, -0.05) is 12.8 Å². The highest BCUT2D eigenvalue weighted by Gasteiger charge is 2.28. The Hall–Kier alpha value is -2.53. The SMILES string of the molecule is CCOC(=O)N1CCN(CC(=O)Nc2c(C#N)c(C)c(C)n2C2CCCC2)CC1. The topological polar surface area (TPSA) is 90.6 Å². The lowest BCUT2D eigenvalue weighted by Gasteiger charge is -2.33. The smallest absolute Gasteiger partial charge is 0.409 e. The van der Waals surface area contributed by atoms with E-state index < -0.39 is 0 Å². The van der Waals surface area contributed by atoms with Gasteiger partial charge in [0.15, 0.2) is 0 Å². The van der Waals surface area contributed by atoms with Crippen molar-refractivity contribution in [3.05, 3.63) is 16.8 Å². The number of hydrogen-bond acceptors (Lipinski definition) is 5. The molecular formula is C21H31N5O3. The molecule has 29 heavy (non-hydrogen) atoms. The van der Waals surface area contributed by atoms with Crippen LogP contribution in [0, 0.1) is 25.2 Å². The maximum atomic E-state index is 12.8. The minimum atomic E-state index is -0.296. The fourth-order valence-electron chi connectivity index (χ4n) is 4.38. The molecule has 1 aliphatic heterocycles. The van der Waals surface area contributed by atoms with Crippen molar-refractivity contribution in [1.82, 2.24) is 14.4 Å². The van der Waals surface area contributed by atoms with E-state index in [1.54, 1.807) is 11.8 Å². The Labute approximate surface area is 172 Å². The van der Waals surface area contributed by atoms with Crippen molar-refractivity contribution in [1.29, 1.82) is 5.26 Å². The second-order valence-corrected chi connectivity index (χ2v) is 7.86. The zero-order valence-electron chi connectivity index (χ0n) is 17.7. The molecule has 1 aliphatic carbocycles. The zero-order valence-corrected chi connectivity index (χ0v) is 17.7. The maximum Gasteiger partial charge on any atom is 0.409 e. The van der Waals surface area contributed by atoms with Gasteiger partial charge in [-0.05, 0) is 39.2 Å². The van der Waals surface area contributed by atoms with Crippen LogP contribution in [0.4, 0.5) is 10.6 Å². The summed E-state index contributed by atoms with van der Waals surface area (Å²) in [6.45, 7) is 8.72. The van der Waals surface area contributed by atoms with E-state index in [1.165, 1.54) is 12.8 Å². The van der Waals surface area contributed by atoms with E-state index in [0.29, 0.717) is 50.2 Å². The van der Waals surface area contributed by atoms with E-state index in [1.807, 2.05) is 18.7 Å². The standard InChI is InChI=1S/C21H31N5O3/c1-4-29-21(28)25-11-9-24(10-12-25)14-19(27)23-20-18(13-22)15(2)16(3)26(20)17-7-5-6-8-17/h17H,4-12,14H2,1-3H3,(H,23,27). The maximum absolute atomic E-state index is 12.8. The number of amides is 2. The molecule has 1 aromatic heterocycles. The van der Waals surface area contributed by atoms with Crippen molar-refractivity contribution in [3.63, 3.8) is 0 Å². The lowest BCUT2D eigenvalue weighted by atomic mass is 10.2. The Kier molecular flexibility index (Phi) is 6.80. The summed E-state index contributed by atoms with van der Waals surface area (Å²) in [5.74, 6) is 0.521. The number of nitriles is 1. The molecule has 0 atom stereocenters. The number of carbonyl (C=O) groups excluding carboxylic acids is 2. The average Bonchev–Trinajstić information content (AvgIpc) is 3.30. The van der Waals surface area contributed by atoms with E-state index in [2.05, 4.69) is 16.0 Å². The lowest BCUT2D eigenvalue weighted by molar-refractivity contribution is -0.117. The lowest BCUT2D eigenvalue weighted by Crippen LogP contribution is -2.50. The predicted molar refractivity (Wildman–Crippen MR) is 110 cm³/mol. The van der Waals surface area contributed by atoms with Crippen LogP contribution >= 0.6 is 0 Å². The summed E-state index contributed by atoms with van der Waals surface area (Å²) in [4.78, 5) is 28.3. The Balaban J connectivity index is 1.65. The minimum absolute atomic E-state index is 0.122. The number of ether oxygens (including phenoxy) is 1. The Morgan fingerprint density at radius 2 is 1.83 bits per heavy atom. The Morgan fingerprint density at radius 1 is 1.17 bits per heavy atom. The highest BCUT2D eigenvalue weighted by atomic mass is 16.6. The van der Waals surface area contributed by atoms with Crippen LogP contribution in [0.3, 0.4) is 0 Å². The van der Waals surface area contributed by atoms with Crippen LogP contribution in [0.25, 0.3) is 0 Å². The number of hydrogen-bond donors (Lipinski definition) is 1. The number of piperazine rings is 1. The number of aromatic nitrogens is 1. The predicted octanol–water partition coefficient (Wildman–Crippen LogP) is 2.80. The van der Waals surface area contributed by atoms with Gasteiger partial charge in [-0.15, -0.1) is 0 Å². The molecule has 2 amide bonds. The van der Waals surface area contributed by atoms with Gasteiger partial charge in [0.05, 0.1) is 18.7 Å². The van der Waals surface area contributed by atoms with Crippen molar-refractivity contribution in [2.75, 3.05) is 44.6 Å².